The number of nitrogens with one attached hydrogen (secondary N) is 1. The molecule has 0 aromatic heterocycles. The van der Waals surface area contributed by atoms with Crippen LogP contribution in [0.5, 0.6) is 0 Å². The van der Waals surface area contributed by atoms with Gasteiger partial charge in [-0.2, -0.15) is 0 Å². The van der Waals surface area contributed by atoms with E-state index in [4.69, 9.17) is 0 Å². The summed E-state index contributed by atoms with van der Waals surface area (Å²) < 4.78 is 27.3. The summed E-state index contributed by atoms with van der Waals surface area (Å²) in [5.41, 5.74) is 1.73. The number of sulfonamides is 1. The van der Waals surface area contributed by atoms with Crippen molar-refractivity contribution in [2.75, 3.05) is 36.6 Å². The average Bonchev–Trinajstić information content (AvgIpc) is 2.53. The molecule has 0 saturated heterocycles. The van der Waals surface area contributed by atoms with Crippen molar-refractivity contribution in [1.82, 2.24) is 4.90 Å². The van der Waals surface area contributed by atoms with E-state index in [0.29, 0.717) is 5.69 Å². The zero-order chi connectivity index (χ0) is 17.3. The predicted molar refractivity (Wildman–Crippen MR) is 94.5 cm³/mol. The number of para-hydroxylation sites is 2. The molecule has 1 amide bonds. The monoisotopic (exact) mass is 346 g/mol. The second kappa shape index (κ2) is 6.12. The van der Waals surface area contributed by atoms with Crippen LogP contribution in [0.3, 0.4) is 0 Å². The molecule has 2 aliphatic rings. The van der Waals surface area contributed by atoms with Crippen LogP contribution in [-0.2, 0) is 14.8 Å². The topological polar surface area (TPSA) is 82.1 Å². The zero-order valence-electron chi connectivity index (χ0n) is 13.4. The minimum atomic E-state index is -3.53. The number of rotatable bonds is 3. The Morgan fingerprint density at radius 1 is 1.29 bits per heavy atom. The van der Waals surface area contributed by atoms with Crippen molar-refractivity contribution < 1.29 is 13.2 Å². The minimum absolute atomic E-state index is 0.0563. The van der Waals surface area contributed by atoms with Gasteiger partial charge in [-0.1, -0.05) is 12.1 Å². The van der Waals surface area contributed by atoms with E-state index in [-0.39, 0.29) is 23.7 Å². The molecular formula is C16H18N4O3S. The Morgan fingerprint density at radius 2 is 2.04 bits per heavy atom. The van der Waals surface area contributed by atoms with E-state index in [2.05, 4.69) is 9.71 Å². The van der Waals surface area contributed by atoms with Gasteiger partial charge in [0.2, 0.25) is 0 Å². The zero-order valence-corrected chi connectivity index (χ0v) is 14.2. The van der Waals surface area contributed by atoms with Crippen LogP contribution in [0.2, 0.25) is 0 Å². The number of hydrogen-bond acceptors (Lipinski definition) is 5. The van der Waals surface area contributed by atoms with Gasteiger partial charge in [0, 0.05) is 26.8 Å². The molecule has 1 aromatic carbocycles. The molecule has 0 atom stereocenters. The number of fused-ring (bicyclic) bond motifs is 1. The van der Waals surface area contributed by atoms with Crippen molar-refractivity contribution in [2.24, 2.45) is 4.40 Å². The van der Waals surface area contributed by atoms with E-state index in [0.717, 1.165) is 5.69 Å². The maximum Gasteiger partial charge on any atom is 0.259 e. The number of benzene rings is 1. The van der Waals surface area contributed by atoms with Crippen LogP contribution in [0.25, 0.3) is 0 Å². The van der Waals surface area contributed by atoms with Gasteiger partial charge in [0.05, 0.1) is 22.7 Å². The molecule has 1 N–H and O–H groups in total. The molecule has 0 bridgehead atoms. The van der Waals surface area contributed by atoms with E-state index >= 15 is 0 Å². The Morgan fingerprint density at radius 3 is 2.79 bits per heavy atom. The Bertz CT molecular complexity index is 869. The van der Waals surface area contributed by atoms with Gasteiger partial charge in [-0.15, -0.1) is 4.40 Å². The molecule has 0 radical (unpaired) electrons. The quantitative estimate of drug-likeness (QED) is 0.889. The highest BCUT2D eigenvalue weighted by Gasteiger charge is 2.30. The summed E-state index contributed by atoms with van der Waals surface area (Å²) in [7, 11) is 0.233. The lowest BCUT2D eigenvalue weighted by molar-refractivity contribution is -0.112. The van der Waals surface area contributed by atoms with Gasteiger partial charge in [-0.3, -0.25) is 4.79 Å². The van der Waals surface area contributed by atoms with E-state index in [1.807, 2.05) is 37.2 Å². The maximum absolute atomic E-state index is 12.7. The van der Waals surface area contributed by atoms with Crippen LogP contribution in [0, 0.1) is 0 Å². The molecule has 0 fully saturated rings. The lowest BCUT2D eigenvalue weighted by Gasteiger charge is -2.28. The first-order valence-electron chi connectivity index (χ1n) is 7.43. The third kappa shape index (κ3) is 3.18. The molecule has 24 heavy (non-hydrogen) atoms. The first-order chi connectivity index (χ1) is 11.4. The highest BCUT2D eigenvalue weighted by molar-refractivity contribution is 7.90. The van der Waals surface area contributed by atoms with Gasteiger partial charge in [-0.05, 0) is 24.3 Å². The Hall–Kier alpha value is -2.61. The highest BCUT2D eigenvalue weighted by Crippen LogP contribution is 2.25. The molecule has 7 nitrogen and oxygen atoms in total. The summed E-state index contributed by atoms with van der Waals surface area (Å²) in [5.74, 6) is -0.280. The fraction of sp³-hybridized carbons (Fsp3) is 0.250. The SMILES string of the molecule is CN(C)c1ccccc1NC(=O)C1=CC=CN2CCS(=O)(=O)N=C12. The predicted octanol–water partition coefficient (Wildman–Crippen LogP) is 1.19. The van der Waals surface area contributed by atoms with E-state index < -0.39 is 15.9 Å². The average molecular weight is 346 g/mol. The van der Waals surface area contributed by atoms with Crippen LogP contribution in [0.15, 0.2) is 52.6 Å². The van der Waals surface area contributed by atoms with Crippen LogP contribution in [0.1, 0.15) is 0 Å². The van der Waals surface area contributed by atoms with Gasteiger partial charge in [0.25, 0.3) is 15.9 Å². The van der Waals surface area contributed by atoms with Crippen molar-refractivity contribution in [3.05, 3.63) is 48.2 Å². The van der Waals surface area contributed by atoms with Crippen LogP contribution in [-0.4, -0.2) is 51.5 Å². The smallest absolute Gasteiger partial charge is 0.259 e. The third-order valence-electron chi connectivity index (χ3n) is 3.74. The van der Waals surface area contributed by atoms with Crippen LogP contribution < -0.4 is 10.2 Å². The molecule has 8 heteroatoms. The Kier molecular flexibility index (Phi) is 4.15. The lowest BCUT2D eigenvalue weighted by Crippen LogP contribution is -2.40. The Balaban J connectivity index is 1.92. The van der Waals surface area contributed by atoms with Gasteiger partial charge in [-0.25, -0.2) is 8.42 Å². The standard InChI is InChI=1S/C16H18N4O3S/c1-19(2)14-8-4-3-7-13(14)17-16(21)12-6-5-9-20-10-11-24(22,23)18-15(12)20/h3-9H,10-11H2,1-2H3,(H,17,21). The number of carbonyl (C=O) groups is 1. The van der Waals surface area contributed by atoms with Crippen LogP contribution in [0.4, 0.5) is 11.4 Å². The van der Waals surface area contributed by atoms with Gasteiger partial charge in [0.15, 0.2) is 5.84 Å². The number of carbonyl (C=O) groups excluding carboxylic acids is 1. The number of nitrogens with zero attached hydrogens (tertiary/aromatic N) is 3. The van der Waals surface area contributed by atoms with Crippen LogP contribution >= 0.6 is 0 Å². The second-order valence-electron chi connectivity index (χ2n) is 5.68. The number of amides is 1. The van der Waals surface area contributed by atoms with Gasteiger partial charge < -0.3 is 15.1 Å². The van der Waals surface area contributed by atoms with Crippen molar-refractivity contribution in [3.63, 3.8) is 0 Å². The number of allylic oxidation sites excluding steroid dienone is 2. The van der Waals surface area contributed by atoms with Crippen molar-refractivity contribution in [3.8, 4) is 0 Å². The first kappa shape index (κ1) is 16.3. The van der Waals surface area contributed by atoms with E-state index in [9.17, 15) is 13.2 Å². The lowest BCUT2D eigenvalue weighted by atomic mass is 10.1. The van der Waals surface area contributed by atoms with Crippen molar-refractivity contribution in [1.29, 1.82) is 0 Å². The number of hydrogen-bond donors (Lipinski definition) is 1. The third-order valence-corrected chi connectivity index (χ3v) is 4.89. The largest absolute Gasteiger partial charge is 0.376 e. The molecule has 3 rings (SSSR count). The molecule has 2 heterocycles. The van der Waals surface area contributed by atoms with E-state index in [1.54, 1.807) is 29.3 Å². The van der Waals surface area contributed by atoms with Gasteiger partial charge >= 0.3 is 0 Å². The fourth-order valence-electron chi connectivity index (χ4n) is 2.55. The summed E-state index contributed by atoms with van der Waals surface area (Å²) >= 11 is 0. The summed E-state index contributed by atoms with van der Waals surface area (Å²) in [4.78, 5) is 16.2. The first-order valence-corrected chi connectivity index (χ1v) is 9.04. The number of amidine groups is 1. The molecular weight excluding hydrogens is 328 g/mol. The fourth-order valence-corrected chi connectivity index (χ4v) is 3.54. The molecule has 126 valence electrons. The molecule has 0 saturated carbocycles. The van der Waals surface area contributed by atoms with Crippen molar-refractivity contribution in [2.45, 2.75) is 0 Å². The summed E-state index contributed by atoms with van der Waals surface area (Å²) in [6, 6.07) is 7.39. The maximum atomic E-state index is 12.7. The normalized spacial score (nSPS) is 18.3. The van der Waals surface area contributed by atoms with E-state index in [1.165, 1.54) is 0 Å². The molecule has 2 aliphatic heterocycles. The van der Waals surface area contributed by atoms with Gasteiger partial charge in [0.1, 0.15) is 0 Å². The Labute approximate surface area is 141 Å². The molecule has 0 spiro atoms. The highest BCUT2D eigenvalue weighted by atomic mass is 32.2. The second-order valence-corrected chi connectivity index (χ2v) is 7.44. The summed E-state index contributed by atoms with van der Waals surface area (Å²) in [6.07, 6.45) is 5.01. The minimum Gasteiger partial charge on any atom is -0.376 e. The summed E-state index contributed by atoms with van der Waals surface area (Å²) in [6.45, 7) is 0.288. The summed E-state index contributed by atoms with van der Waals surface area (Å²) in [5, 5.41) is 2.84. The molecule has 0 unspecified atom stereocenters. The van der Waals surface area contributed by atoms with Crippen molar-refractivity contribution >= 4 is 33.1 Å². The molecule has 1 aromatic rings. The number of anilines is 2. The molecule has 0 aliphatic carbocycles.